The molecule has 5 heteroatoms. The van der Waals surface area contributed by atoms with E-state index in [1.165, 1.54) is 15.6 Å². The smallest absolute Gasteiger partial charge is 0.194 e. The minimum atomic E-state index is -2.79. The van der Waals surface area contributed by atoms with Gasteiger partial charge in [0.05, 0.1) is 35.8 Å². The molecule has 0 fully saturated rings. The second kappa shape index (κ2) is 12.6. The Balaban J connectivity index is 1.33. The molecule has 7 aromatic carbocycles. The molecule has 0 saturated carbocycles. The molecule has 1 aromatic heterocycles. The van der Waals surface area contributed by atoms with Crippen LogP contribution in [0.15, 0.2) is 170 Å². The highest BCUT2D eigenvalue weighted by Gasteiger charge is 2.41. The summed E-state index contributed by atoms with van der Waals surface area (Å²) >= 11 is 0. The minimum Gasteiger partial charge on any atom is -0.309 e. The molecule has 50 heavy (non-hydrogen) atoms. The van der Waals surface area contributed by atoms with Crippen LogP contribution in [0.3, 0.4) is 0 Å². The number of fused-ring (bicyclic) bond motifs is 3. The lowest BCUT2D eigenvalue weighted by molar-refractivity contribution is 1.18. The summed E-state index contributed by atoms with van der Waals surface area (Å²) in [6.07, 6.45) is 0. The zero-order valence-electron chi connectivity index (χ0n) is 27.0. The topological polar surface area (TPSA) is 37.4 Å². The molecule has 0 atom stereocenters. The van der Waals surface area contributed by atoms with Crippen LogP contribution in [0.2, 0.25) is 0 Å². The van der Waals surface area contributed by atoms with Crippen molar-refractivity contribution in [1.82, 2.24) is 4.57 Å². The van der Waals surface area contributed by atoms with Crippen LogP contribution in [0.1, 0.15) is 5.56 Å². The van der Waals surface area contributed by atoms with Crippen LogP contribution in [-0.4, -0.2) is 12.6 Å². The van der Waals surface area contributed by atoms with E-state index < -0.39 is 8.07 Å². The number of nitriles is 1. The molecule has 0 aliphatic carbocycles. The summed E-state index contributed by atoms with van der Waals surface area (Å²) in [5, 5.41) is 16.4. The van der Waals surface area contributed by atoms with Gasteiger partial charge >= 0.3 is 0 Å². The largest absolute Gasteiger partial charge is 0.309 e. The van der Waals surface area contributed by atoms with Gasteiger partial charge in [-0.25, -0.2) is 9.69 Å². The predicted octanol–water partition coefficient (Wildman–Crippen LogP) is 8.80. The lowest BCUT2D eigenvalue weighted by atomic mass is 10.0. The Morgan fingerprint density at radius 3 is 1.70 bits per heavy atom. The van der Waals surface area contributed by atoms with Crippen molar-refractivity contribution in [2.45, 2.75) is 0 Å². The van der Waals surface area contributed by atoms with Crippen molar-refractivity contribution in [3.8, 4) is 22.9 Å². The maximum atomic E-state index is 9.64. The highest BCUT2D eigenvalue weighted by molar-refractivity contribution is 7.19. The van der Waals surface area contributed by atoms with Gasteiger partial charge in [-0.15, -0.1) is 0 Å². The fraction of sp³-hybridized carbons (Fsp3) is 0. The molecular weight excluding hydrogens is 625 g/mol. The van der Waals surface area contributed by atoms with Crippen LogP contribution in [-0.2, 0) is 0 Å². The minimum absolute atomic E-state index is 0.551. The molecule has 8 aromatic rings. The summed E-state index contributed by atoms with van der Waals surface area (Å²) in [4.78, 5) is 7.80. The number of rotatable bonds is 6. The number of benzene rings is 7. The van der Waals surface area contributed by atoms with Gasteiger partial charge in [-0.1, -0.05) is 133 Å². The fourth-order valence-electron chi connectivity index (χ4n) is 7.41. The van der Waals surface area contributed by atoms with E-state index in [1.807, 2.05) is 42.5 Å². The SMILES string of the molecule is [C-]#[N+]c1ccc2c(c1)c1cc(C#N)ccc1n2-c1cccc(-c2ccc([Si](c3ccccc3)(c3ccccc3)c3ccccc3)cc2[N+]#[C-])c1. The van der Waals surface area contributed by atoms with Gasteiger partial charge in [0.25, 0.3) is 0 Å². The summed E-state index contributed by atoms with van der Waals surface area (Å²) in [7, 11) is -2.79. The van der Waals surface area contributed by atoms with Crippen LogP contribution < -0.4 is 20.7 Å². The van der Waals surface area contributed by atoms with E-state index in [2.05, 4.69) is 148 Å². The molecule has 0 amide bonds. The third-order valence-electron chi connectivity index (χ3n) is 9.59. The standard InChI is InChI=1S/C45H28N4Si/c1-47-34-22-26-45-42(29-34)41-27-32(31-46)21-25-44(41)49(45)35-14-12-13-33(28-35)40-24-23-39(30-43(40)48-2)50(36-15-6-3-7-16-36,37-17-8-4-9-18-37)38-19-10-5-11-20-38/h3-30H. The fourth-order valence-corrected chi connectivity index (χ4v) is 12.2. The normalized spacial score (nSPS) is 11.1. The quantitative estimate of drug-likeness (QED) is 0.101. The van der Waals surface area contributed by atoms with E-state index in [1.54, 1.807) is 0 Å². The van der Waals surface area contributed by atoms with Gasteiger partial charge in [-0.05, 0) is 74.5 Å². The molecule has 0 N–H and O–H groups in total. The van der Waals surface area contributed by atoms with Crippen molar-refractivity contribution in [3.63, 3.8) is 0 Å². The molecular formula is C45H28N4Si. The summed E-state index contributed by atoms with van der Waals surface area (Å²) in [5.74, 6) is 0. The molecule has 0 aliphatic heterocycles. The highest BCUT2D eigenvalue weighted by Crippen LogP contribution is 2.37. The van der Waals surface area contributed by atoms with Crippen LogP contribution in [0.5, 0.6) is 0 Å². The second-order valence-electron chi connectivity index (χ2n) is 12.2. The van der Waals surface area contributed by atoms with Crippen molar-refractivity contribution in [1.29, 1.82) is 5.26 Å². The van der Waals surface area contributed by atoms with E-state index in [-0.39, 0.29) is 0 Å². The van der Waals surface area contributed by atoms with Crippen molar-refractivity contribution < 1.29 is 0 Å². The Hall–Kier alpha value is -6.97. The van der Waals surface area contributed by atoms with E-state index >= 15 is 0 Å². The third-order valence-corrected chi connectivity index (χ3v) is 14.4. The number of nitrogens with zero attached hydrogens (tertiary/aromatic N) is 4. The summed E-state index contributed by atoms with van der Waals surface area (Å²) in [5.41, 5.74) is 6.36. The van der Waals surface area contributed by atoms with Crippen LogP contribution in [0.25, 0.3) is 48.3 Å². The first kappa shape index (κ1) is 30.4. The maximum absolute atomic E-state index is 9.64. The zero-order chi connectivity index (χ0) is 34.1. The van der Waals surface area contributed by atoms with Crippen molar-refractivity contribution in [3.05, 3.63) is 198 Å². The molecule has 4 nitrogen and oxygen atoms in total. The second-order valence-corrected chi connectivity index (χ2v) is 16.0. The third kappa shape index (κ3) is 4.88. The Morgan fingerprint density at radius 1 is 0.520 bits per heavy atom. The molecule has 0 aliphatic rings. The Bertz CT molecular complexity index is 2510. The van der Waals surface area contributed by atoms with Crippen molar-refractivity contribution in [2.24, 2.45) is 0 Å². The molecule has 0 unspecified atom stereocenters. The van der Waals surface area contributed by atoms with Gasteiger partial charge < -0.3 is 4.57 Å². The molecule has 1 heterocycles. The maximum Gasteiger partial charge on any atom is 0.194 e. The van der Waals surface area contributed by atoms with Crippen molar-refractivity contribution >= 4 is 62.0 Å². The molecule has 0 radical (unpaired) electrons. The highest BCUT2D eigenvalue weighted by atomic mass is 28.3. The van der Waals surface area contributed by atoms with Crippen molar-refractivity contribution in [2.75, 3.05) is 0 Å². The van der Waals surface area contributed by atoms with Gasteiger partial charge in [0.15, 0.2) is 19.4 Å². The molecule has 232 valence electrons. The van der Waals surface area contributed by atoms with Crippen LogP contribution >= 0.6 is 0 Å². The van der Waals surface area contributed by atoms with Crippen LogP contribution in [0.4, 0.5) is 11.4 Å². The average Bonchev–Trinajstić information content (AvgIpc) is 3.52. The van der Waals surface area contributed by atoms with Gasteiger partial charge in [-0.2, -0.15) is 5.26 Å². The van der Waals surface area contributed by atoms with Gasteiger partial charge in [0.2, 0.25) is 0 Å². The lowest BCUT2D eigenvalue weighted by Crippen LogP contribution is -2.74. The first-order valence-corrected chi connectivity index (χ1v) is 18.3. The molecule has 0 bridgehead atoms. The van der Waals surface area contributed by atoms with Crippen LogP contribution in [0, 0.1) is 24.5 Å². The zero-order valence-corrected chi connectivity index (χ0v) is 28.0. The summed E-state index contributed by atoms with van der Waals surface area (Å²) < 4.78 is 2.17. The molecule has 0 spiro atoms. The monoisotopic (exact) mass is 652 g/mol. The van der Waals surface area contributed by atoms with E-state index in [9.17, 15) is 5.26 Å². The first-order valence-electron chi connectivity index (χ1n) is 16.3. The molecule has 8 rings (SSSR count). The summed E-state index contributed by atoms with van der Waals surface area (Å²) in [6.45, 7) is 16.0. The lowest BCUT2D eigenvalue weighted by Gasteiger charge is -2.34. The average molecular weight is 653 g/mol. The van der Waals surface area contributed by atoms with E-state index in [4.69, 9.17) is 13.1 Å². The van der Waals surface area contributed by atoms with Gasteiger partial charge in [0.1, 0.15) is 0 Å². The number of hydrogen-bond donors (Lipinski definition) is 0. The van der Waals surface area contributed by atoms with Gasteiger partial charge in [0, 0.05) is 11.1 Å². The predicted molar refractivity (Wildman–Crippen MR) is 207 cm³/mol. The number of aromatic nitrogens is 1. The number of hydrogen-bond acceptors (Lipinski definition) is 1. The first-order chi connectivity index (χ1) is 24.6. The Kier molecular flexibility index (Phi) is 7.63. The van der Waals surface area contributed by atoms with E-state index in [0.29, 0.717) is 16.9 Å². The summed E-state index contributed by atoms with van der Waals surface area (Å²) in [6, 6.07) is 60.6. The Morgan fingerprint density at radius 2 is 1.12 bits per heavy atom. The molecule has 0 saturated heterocycles. The van der Waals surface area contributed by atoms with Gasteiger partial charge in [-0.3, -0.25) is 0 Å². The van der Waals surface area contributed by atoms with E-state index in [0.717, 1.165) is 43.8 Å². The Labute approximate surface area is 292 Å².